The standard InChI is InChI=1S/C16H24OS/c1-13(2)9-12-17-14-5-7-15(8-6-14)18-16(3)10-4-11-16/h5-8,13H,4,9-12H2,1-3H3. The molecule has 0 aromatic heterocycles. The van der Waals surface area contributed by atoms with Crippen LogP contribution in [0, 0.1) is 5.92 Å². The van der Waals surface area contributed by atoms with E-state index in [9.17, 15) is 0 Å². The first kappa shape index (κ1) is 13.8. The Hall–Kier alpha value is -0.630. The summed E-state index contributed by atoms with van der Waals surface area (Å²) in [5, 5.41) is 0. The van der Waals surface area contributed by atoms with Gasteiger partial charge < -0.3 is 4.74 Å². The van der Waals surface area contributed by atoms with E-state index in [-0.39, 0.29) is 0 Å². The topological polar surface area (TPSA) is 9.23 Å². The first-order chi connectivity index (χ1) is 8.57. The van der Waals surface area contributed by atoms with Crippen LogP contribution in [-0.2, 0) is 0 Å². The second-order valence-corrected chi connectivity index (χ2v) is 7.57. The molecular weight excluding hydrogens is 240 g/mol. The molecule has 1 aliphatic rings. The SMILES string of the molecule is CC(C)CCOc1ccc(SC2(C)CCC2)cc1. The Morgan fingerprint density at radius 2 is 1.89 bits per heavy atom. The molecular formula is C16H24OS. The number of hydrogen-bond donors (Lipinski definition) is 0. The maximum Gasteiger partial charge on any atom is 0.119 e. The molecule has 0 radical (unpaired) electrons. The van der Waals surface area contributed by atoms with Gasteiger partial charge in [0.25, 0.3) is 0 Å². The van der Waals surface area contributed by atoms with Crippen molar-refractivity contribution in [3.8, 4) is 5.75 Å². The molecule has 0 heterocycles. The van der Waals surface area contributed by atoms with Gasteiger partial charge in [0.1, 0.15) is 5.75 Å². The van der Waals surface area contributed by atoms with E-state index >= 15 is 0 Å². The molecule has 1 saturated carbocycles. The molecule has 2 rings (SSSR count). The van der Waals surface area contributed by atoms with Gasteiger partial charge in [0.15, 0.2) is 0 Å². The summed E-state index contributed by atoms with van der Waals surface area (Å²) in [4.78, 5) is 1.37. The molecule has 0 saturated heterocycles. The summed E-state index contributed by atoms with van der Waals surface area (Å²) >= 11 is 2.01. The van der Waals surface area contributed by atoms with E-state index in [1.165, 1.54) is 24.2 Å². The molecule has 100 valence electrons. The minimum absolute atomic E-state index is 0.486. The van der Waals surface area contributed by atoms with E-state index < -0.39 is 0 Å². The number of benzene rings is 1. The predicted octanol–water partition coefficient (Wildman–Crippen LogP) is 5.15. The van der Waals surface area contributed by atoms with Gasteiger partial charge in [-0.15, -0.1) is 11.8 Å². The van der Waals surface area contributed by atoms with Gasteiger partial charge in [0.05, 0.1) is 6.61 Å². The Morgan fingerprint density at radius 3 is 2.39 bits per heavy atom. The molecule has 1 aromatic rings. The average Bonchev–Trinajstić information content (AvgIpc) is 2.29. The maximum absolute atomic E-state index is 5.73. The van der Waals surface area contributed by atoms with Crippen LogP contribution in [0.1, 0.15) is 46.5 Å². The quantitative estimate of drug-likeness (QED) is 0.703. The number of thioether (sulfide) groups is 1. The van der Waals surface area contributed by atoms with Crippen molar-refractivity contribution in [3.05, 3.63) is 24.3 Å². The zero-order valence-electron chi connectivity index (χ0n) is 11.7. The summed E-state index contributed by atoms with van der Waals surface area (Å²) in [6, 6.07) is 8.59. The van der Waals surface area contributed by atoms with Crippen LogP contribution in [0.15, 0.2) is 29.2 Å². The Balaban J connectivity index is 1.81. The fraction of sp³-hybridized carbons (Fsp3) is 0.625. The minimum Gasteiger partial charge on any atom is -0.494 e. The molecule has 0 amide bonds. The largest absolute Gasteiger partial charge is 0.494 e. The van der Waals surface area contributed by atoms with Crippen LogP contribution in [0.25, 0.3) is 0 Å². The molecule has 0 N–H and O–H groups in total. The fourth-order valence-electron chi connectivity index (χ4n) is 2.08. The van der Waals surface area contributed by atoms with Gasteiger partial charge in [-0.2, -0.15) is 0 Å². The van der Waals surface area contributed by atoms with Crippen molar-refractivity contribution >= 4 is 11.8 Å². The second kappa shape index (κ2) is 6.01. The molecule has 2 heteroatoms. The predicted molar refractivity (Wildman–Crippen MR) is 79.5 cm³/mol. The number of ether oxygens (including phenoxy) is 1. The highest BCUT2D eigenvalue weighted by Crippen LogP contribution is 2.47. The Kier molecular flexibility index (Phi) is 4.60. The molecule has 1 nitrogen and oxygen atoms in total. The van der Waals surface area contributed by atoms with Crippen LogP contribution in [0.4, 0.5) is 0 Å². The van der Waals surface area contributed by atoms with Gasteiger partial charge in [0.2, 0.25) is 0 Å². The summed E-state index contributed by atoms with van der Waals surface area (Å²) in [6.45, 7) is 7.64. The number of hydrogen-bond acceptors (Lipinski definition) is 2. The number of rotatable bonds is 6. The third-order valence-electron chi connectivity index (χ3n) is 3.56. The normalized spacial score (nSPS) is 17.6. The molecule has 18 heavy (non-hydrogen) atoms. The molecule has 0 spiro atoms. The summed E-state index contributed by atoms with van der Waals surface area (Å²) < 4.78 is 6.22. The zero-order valence-corrected chi connectivity index (χ0v) is 12.6. The van der Waals surface area contributed by atoms with Gasteiger partial charge in [0, 0.05) is 9.64 Å². The van der Waals surface area contributed by atoms with Crippen molar-refractivity contribution in [3.63, 3.8) is 0 Å². The summed E-state index contributed by atoms with van der Waals surface area (Å²) in [5.41, 5.74) is 0. The van der Waals surface area contributed by atoms with Crippen LogP contribution in [0.2, 0.25) is 0 Å². The fourth-order valence-corrected chi connectivity index (χ4v) is 3.41. The first-order valence-electron chi connectivity index (χ1n) is 6.99. The van der Waals surface area contributed by atoms with Crippen LogP contribution >= 0.6 is 11.8 Å². The van der Waals surface area contributed by atoms with Crippen molar-refractivity contribution in [1.29, 1.82) is 0 Å². The van der Waals surface area contributed by atoms with Crippen LogP contribution < -0.4 is 4.74 Å². The lowest BCUT2D eigenvalue weighted by Crippen LogP contribution is -2.28. The summed E-state index contributed by atoms with van der Waals surface area (Å²) in [7, 11) is 0. The van der Waals surface area contributed by atoms with Gasteiger partial charge in [-0.1, -0.05) is 27.2 Å². The first-order valence-corrected chi connectivity index (χ1v) is 7.81. The van der Waals surface area contributed by atoms with Crippen LogP contribution in [-0.4, -0.2) is 11.4 Å². The van der Waals surface area contributed by atoms with Gasteiger partial charge in [-0.25, -0.2) is 0 Å². The average molecular weight is 264 g/mol. The van der Waals surface area contributed by atoms with Crippen molar-refractivity contribution in [2.24, 2.45) is 5.92 Å². The van der Waals surface area contributed by atoms with E-state index in [0.717, 1.165) is 18.8 Å². The van der Waals surface area contributed by atoms with Crippen molar-refractivity contribution < 1.29 is 4.74 Å². The molecule has 1 aromatic carbocycles. The van der Waals surface area contributed by atoms with Gasteiger partial charge in [-0.05, 0) is 49.4 Å². The highest BCUT2D eigenvalue weighted by Gasteiger charge is 2.32. The lowest BCUT2D eigenvalue weighted by Gasteiger charge is -2.37. The molecule has 0 aliphatic heterocycles. The van der Waals surface area contributed by atoms with Gasteiger partial charge >= 0.3 is 0 Å². The van der Waals surface area contributed by atoms with Crippen molar-refractivity contribution in [1.82, 2.24) is 0 Å². The molecule has 0 bridgehead atoms. The monoisotopic (exact) mass is 264 g/mol. The molecule has 0 unspecified atom stereocenters. The van der Waals surface area contributed by atoms with Crippen LogP contribution in [0.3, 0.4) is 0 Å². The van der Waals surface area contributed by atoms with Gasteiger partial charge in [-0.3, -0.25) is 0 Å². The Morgan fingerprint density at radius 1 is 1.22 bits per heavy atom. The zero-order chi connectivity index (χ0) is 13.0. The second-order valence-electron chi connectivity index (χ2n) is 5.91. The Labute approximate surface area is 115 Å². The van der Waals surface area contributed by atoms with Crippen molar-refractivity contribution in [2.75, 3.05) is 6.61 Å². The highest BCUT2D eigenvalue weighted by molar-refractivity contribution is 8.00. The summed E-state index contributed by atoms with van der Waals surface area (Å²) in [6.07, 6.45) is 5.21. The van der Waals surface area contributed by atoms with Crippen molar-refractivity contribution in [2.45, 2.75) is 56.1 Å². The van der Waals surface area contributed by atoms with E-state index in [1.54, 1.807) is 0 Å². The maximum atomic E-state index is 5.73. The smallest absolute Gasteiger partial charge is 0.119 e. The van der Waals surface area contributed by atoms with E-state index in [2.05, 4.69) is 45.0 Å². The lowest BCUT2D eigenvalue weighted by molar-refractivity contribution is 0.289. The minimum atomic E-state index is 0.486. The lowest BCUT2D eigenvalue weighted by atomic mass is 9.86. The molecule has 0 atom stereocenters. The van der Waals surface area contributed by atoms with E-state index in [1.807, 2.05) is 11.8 Å². The van der Waals surface area contributed by atoms with Crippen LogP contribution in [0.5, 0.6) is 5.75 Å². The van der Waals surface area contributed by atoms with E-state index in [4.69, 9.17) is 4.74 Å². The van der Waals surface area contributed by atoms with E-state index in [0.29, 0.717) is 10.7 Å². The third-order valence-corrected chi connectivity index (χ3v) is 4.97. The Bertz CT molecular complexity index is 365. The molecule has 1 fully saturated rings. The molecule has 1 aliphatic carbocycles. The third kappa shape index (κ3) is 3.94. The summed E-state index contributed by atoms with van der Waals surface area (Å²) in [5.74, 6) is 1.71. The highest BCUT2D eigenvalue weighted by atomic mass is 32.2.